The van der Waals surface area contributed by atoms with Crippen molar-refractivity contribution in [1.29, 1.82) is 0 Å². The number of nitrogens with two attached hydrogens (primary N) is 1. The van der Waals surface area contributed by atoms with Crippen molar-refractivity contribution < 1.29 is 14.3 Å². The van der Waals surface area contributed by atoms with Crippen molar-refractivity contribution in [2.75, 3.05) is 13.1 Å². The van der Waals surface area contributed by atoms with E-state index < -0.39 is 11.7 Å². The first kappa shape index (κ1) is 13.4. The van der Waals surface area contributed by atoms with E-state index in [1.165, 1.54) is 6.07 Å². The summed E-state index contributed by atoms with van der Waals surface area (Å²) >= 11 is 0. The highest BCUT2D eigenvalue weighted by Crippen LogP contribution is 2.17. The first-order valence-corrected chi connectivity index (χ1v) is 5.62. The lowest BCUT2D eigenvalue weighted by atomic mass is 10.1. The highest BCUT2D eigenvalue weighted by atomic mass is 19.1. The highest BCUT2D eigenvalue weighted by Gasteiger charge is 2.10. The number of nitrogens with one attached hydrogen (secondary N) is 1. The van der Waals surface area contributed by atoms with Gasteiger partial charge in [0.15, 0.2) is 0 Å². The van der Waals surface area contributed by atoms with Crippen LogP contribution in [0.2, 0.25) is 0 Å². The van der Waals surface area contributed by atoms with E-state index in [-0.39, 0.29) is 11.3 Å². The molecule has 0 fully saturated rings. The summed E-state index contributed by atoms with van der Waals surface area (Å²) in [6, 6.07) is 3.33. The SMILES string of the molecule is NCCCCCNC(=O)c1ccc(F)cc1O. The van der Waals surface area contributed by atoms with Crippen LogP contribution in [-0.2, 0) is 0 Å². The molecule has 0 heterocycles. The van der Waals surface area contributed by atoms with Crippen molar-refractivity contribution in [3.8, 4) is 5.75 Å². The standard InChI is InChI=1S/C12H17FN2O2/c13-9-4-5-10(11(16)8-9)12(17)15-7-3-1-2-6-14/h4-5,8,16H,1-3,6-7,14H2,(H,15,17). The summed E-state index contributed by atoms with van der Waals surface area (Å²) in [4.78, 5) is 11.6. The molecule has 4 nitrogen and oxygen atoms in total. The molecule has 1 rings (SSSR count). The molecule has 0 spiro atoms. The molecular weight excluding hydrogens is 223 g/mol. The predicted octanol–water partition coefficient (Wildman–Crippen LogP) is 1.39. The molecule has 1 aromatic rings. The van der Waals surface area contributed by atoms with Crippen LogP contribution in [0.4, 0.5) is 4.39 Å². The third-order valence-corrected chi connectivity index (χ3v) is 2.37. The topological polar surface area (TPSA) is 75.3 Å². The maximum Gasteiger partial charge on any atom is 0.255 e. The van der Waals surface area contributed by atoms with Gasteiger partial charge in [0.25, 0.3) is 5.91 Å². The van der Waals surface area contributed by atoms with Crippen LogP contribution in [0.15, 0.2) is 18.2 Å². The minimum Gasteiger partial charge on any atom is -0.507 e. The second-order valence-electron chi connectivity index (χ2n) is 3.77. The zero-order valence-corrected chi connectivity index (χ0v) is 9.58. The number of phenols is 1. The molecule has 0 bridgehead atoms. The predicted molar refractivity (Wildman–Crippen MR) is 63.3 cm³/mol. The summed E-state index contributed by atoms with van der Waals surface area (Å²) < 4.78 is 12.7. The van der Waals surface area contributed by atoms with Gasteiger partial charge < -0.3 is 16.2 Å². The number of benzene rings is 1. The average Bonchev–Trinajstić information content (AvgIpc) is 2.28. The summed E-state index contributed by atoms with van der Waals surface area (Å²) in [6.45, 7) is 1.17. The Kier molecular flexibility index (Phi) is 5.42. The Morgan fingerprint density at radius 1 is 1.35 bits per heavy atom. The Morgan fingerprint density at radius 3 is 2.76 bits per heavy atom. The molecule has 4 N–H and O–H groups in total. The first-order valence-electron chi connectivity index (χ1n) is 5.62. The molecular formula is C12H17FN2O2. The van der Waals surface area contributed by atoms with E-state index in [0.717, 1.165) is 31.4 Å². The highest BCUT2D eigenvalue weighted by molar-refractivity contribution is 5.96. The minimum atomic E-state index is -0.568. The Balaban J connectivity index is 2.42. The number of hydrogen-bond acceptors (Lipinski definition) is 3. The van der Waals surface area contributed by atoms with Crippen LogP contribution in [0.3, 0.4) is 0 Å². The zero-order valence-electron chi connectivity index (χ0n) is 9.58. The normalized spacial score (nSPS) is 10.2. The second kappa shape index (κ2) is 6.85. The first-order chi connectivity index (χ1) is 8.15. The molecule has 94 valence electrons. The molecule has 0 aromatic heterocycles. The number of hydrogen-bond donors (Lipinski definition) is 3. The van der Waals surface area contributed by atoms with Crippen LogP contribution in [0, 0.1) is 5.82 Å². The summed E-state index contributed by atoms with van der Waals surface area (Å²) in [5, 5.41) is 12.0. The summed E-state index contributed by atoms with van der Waals surface area (Å²) in [7, 11) is 0. The molecule has 0 aliphatic carbocycles. The van der Waals surface area contributed by atoms with Crippen molar-refractivity contribution in [2.24, 2.45) is 5.73 Å². The molecule has 1 amide bonds. The fourth-order valence-electron chi connectivity index (χ4n) is 1.44. The van der Waals surface area contributed by atoms with Gasteiger partial charge in [-0.1, -0.05) is 6.42 Å². The fraction of sp³-hybridized carbons (Fsp3) is 0.417. The van der Waals surface area contributed by atoms with Gasteiger partial charge in [-0.25, -0.2) is 4.39 Å². The maximum atomic E-state index is 12.7. The summed E-state index contributed by atoms with van der Waals surface area (Å²) in [5.41, 5.74) is 5.43. The quantitative estimate of drug-likeness (QED) is 0.658. The van der Waals surface area contributed by atoms with Gasteiger partial charge in [-0.05, 0) is 31.5 Å². The number of amides is 1. The van der Waals surface area contributed by atoms with Crippen LogP contribution in [0.1, 0.15) is 29.6 Å². The number of halogens is 1. The van der Waals surface area contributed by atoms with Crippen molar-refractivity contribution >= 4 is 5.91 Å². The van der Waals surface area contributed by atoms with Crippen molar-refractivity contribution in [1.82, 2.24) is 5.32 Å². The largest absolute Gasteiger partial charge is 0.507 e. The second-order valence-corrected chi connectivity index (χ2v) is 3.77. The van der Waals surface area contributed by atoms with Crippen molar-refractivity contribution in [2.45, 2.75) is 19.3 Å². The van der Waals surface area contributed by atoms with Crippen LogP contribution < -0.4 is 11.1 Å². The molecule has 5 heteroatoms. The number of carbonyl (C=O) groups is 1. The molecule has 1 aromatic carbocycles. The van der Waals surface area contributed by atoms with E-state index in [9.17, 15) is 14.3 Å². The lowest BCUT2D eigenvalue weighted by molar-refractivity contribution is 0.0950. The molecule has 0 aliphatic heterocycles. The summed E-state index contributed by atoms with van der Waals surface area (Å²) in [6.07, 6.45) is 2.72. The van der Waals surface area contributed by atoms with Gasteiger partial charge in [-0.3, -0.25) is 4.79 Å². The number of phenolic OH excluding ortho intramolecular Hbond substituents is 1. The van der Waals surface area contributed by atoms with Gasteiger partial charge in [-0.15, -0.1) is 0 Å². The lowest BCUT2D eigenvalue weighted by Gasteiger charge is -2.06. The monoisotopic (exact) mass is 240 g/mol. The fourth-order valence-corrected chi connectivity index (χ4v) is 1.44. The van der Waals surface area contributed by atoms with Crippen LogP contribution >= 0.6 is 0 Å². The Hall–Kier alpha value is -1.62. The molecule has 0 radical (unpaired) electrons. The van der Waals surface area contributed by atoms with E-state index in [2.05, 4.69) is 5.32 Å². The Morgan fingerprint density at radius 2 is 2.12 bits per heavy atom. The number of rotatable bonds is 6. The molecule has 0 saturated carbocycles. The minimum absolute atomic E-state index is 0.0882. The van der Waals surface area contributed by atoms with Gasteiger partial charge in [-0.2, -0.15) is 0 Å². The van der Waals surface area contributed by atoms with Gasteiger partial charge in [0.2, 0.25) is 0 Å². The van der Waals surface area contributed by atoms with Gasteiger partial charge in [0.1, 0.15) is 11.6 Å². The number of unbranched alkanes of at least 4 members (excludes halogenated alkanes) is 2. The third kappa shape index (κ3) is 4.40. The van der Waals surface area contributed by atoms with Gasteiger partial charge >= 0.3 is 0 Å². The third-order valence-electron chi connectivity index (χ3n) is 2.37. The molecule has 17 heavy (non-hydrogen) atoms. The molecule has 0 unspecified atom stereocenters. The Labute approximate surface area is 99.6 Å². The van der Waals surface area contributed by atoms with E-state index in [0.29, 0.717) is 13.1 Å². The van der Waals surface area contributed by atoms with Crippen LogP contribution in [0.5, 0.6) is 5.75 Å². The lowest BCUT2D eigenvalue weighted by Crippen LogP contribution is -2.24. The van der Waals surface area contributed by atoms with Gasteiger partial charge in [0, 0.05) is 12.6 Å². The number of carbonyl (C=O) groups excluding carboxylic acids is 1. The zero-order chi connectivity index (χ0) is 12.7. The van der Waals surface area contributed by atoms with E-state index >= 15 is 0 Å². The molecule has 0 saturated heterocycles. The van der Waals surface area contributed by atoms with Crippen LogP contribution in [0.25, 0.3) is 0 Å². The average molecular weight is 240 g/mol. The molecule has 0 atom stereocenters. The smallest absolute Gasteiger partial charge is 0.255 e. The number of aromatic hydroxyl groups is 1. The van der Waals surface area contributed by atoms with E-state index in [4.69, 9.17) is 5.73 Å². The van der Waals surface area contributed by atoms with Crippen molar-refractivity contribution in [3.63, 3.8) is 0 Å². The maximum absolute atomic E-state index is 12.7. The van der Waals surface area contributed by atoms with E-state index in [1.807, 2.05) is 0 Å². The summed E-state index contributed by atoms with van der Waals surface area (Å²) in [5.74, 6) is -1.30. The van der Waals surface area contributed by atoms with Crippen LogP contribution in [-0.4, -0.2) is 24.1 Å². The van der Waals surface area contributed by atoms with Gasteiger partial charge in [0.05, 0.1) is 5.56 Å². The van der Waals surface area contributed by atoms with Crippen molar-refractivity contribution in [3.05, 3.63) is 29.6 Å². The van der Waals surface area contributed by atoms with E-state index in [1.54, 1.807) is 0 Å². The molecule has 0 aliphatic rings. The Bertz CT molecular complexity index is 383.